The molecule has 0 aromatic heterocycles. The monoisotopic (exact) mass is 215 g/mol. The maximum Gasteiger partial charge on any atom is 0.126 e. The van der Waals surface area contributed by atoms with Crippen LogP contribution in [0.3, 0.4) is 0 Å². The lowest BCUT2D eigenvalue weighted by Crippen LogP contribution is -2.33. The molecule has 0 atom stereocenters. The lowest BCUT2D eigenvalue weighted by Gasteiger charge is -2.26. The molecule has 0 aliphatic heterocycles. The molecular weight excluding hydrogens is 201 g/mol. The number of hydrogen-bond acceptors (Lipinski definition) is 1. The molecule has 0 radical (unpaired) electrons. The lowest BCUT2D eigenvalue weighted by molar-refractivity contribution is 0.441. The molecule has 0 aliphatic carbocycles. The third kappa shape index (κ3) is 2.07. The molecule has 3 heteroatoms. The maximum atomic E-state index is 13.3. The van der Waals surface area contributed by atoms with E-state index < -0.39 is 0 Å². The average molecular weight is 216 g/mol. The minimum Gasteiger partial charge on any atom is -0.311 e. The van der Waals surface area contributed by atoms with E-state index in [1.165, 1.54) is 6.07 Å². The van der Waals surface area contributed by atoms with Crippen LogP contribution in [0.15, 0.2) is 12.1 Å². The first-order valence-corrected chi connectivity index (χ1v) is 4.91. The van der Waals surface area contributed by atoms with Crippen molar-refractivity contribution in [1.82, 2.24) is 5.32 Å². The summed E-state index contributed by atoms with van der Waals surface area (Å²) in [6.45, 7) is 5.63. The standard InChI is InChI=1S/C11H15ClFN/c1-7-5-9(12)8(6-10(7)13)11(2,3)14-4/h5-6,14H,1-4H3. The van der Waals surface area contributed by atoms with Gasteiger partial charge in [-0.25, -0.2) is 4.39 Å². The zero-order chi connectivity index (χ0) is 10.9. The fourth-order valence-corrected chi connectivity index (χ4v) is 1.71. The Morgan fingerprint density at radius 3 is 2.43 bits per heavy atom. The third-order valence-corrected chi connectivity index (χ3v) is 2.86. The molecule has 0 unspecified atom stereocenters. The van der Waals surface area contributed by atoms with Crippen LogP contribution in [0.1, 0.15) is 25.0 Å². The van der Waals surface area contributed by atoms with Gasteiger partial charge in [-0.2, -0.15) is 0 Å². The molecule has 1 rings (SSSR count). The van der Waals surface area contributed by atoms with Crippen LogP contribution in [0.25, 0.3) is 0 Å². The van der Waals surface area contributed by atoms with Crippen LogP contribution in [-0.2, 0) is 5.54 Å². The van der Waals surface area contributed by atoms with Gasteiger partial charge in [-0.15, -0.1) is 0 Å². The number of aryl methyl sites for hydroxylation is 1. The molecule has 1 nitrogen and oxygen atoms in total. The second-order valence-corrected chi connectivity index (χ2v) is 4.36. The SMILES string of the molecule is CNC(C)(C)c1cc(F)c(C)cc1Cl. The molecule has 0 fully saturated rings. The molecule has 1 N–H and O–H groups in total. The Kier molecular flexibility index (Phi) is 3.17. The summed E-state index contributed by atoms with van der Waals surface area (Å²) in [4.78, 5) is 0. The van der Waals surface area contributed by atoms with Crippen molar-refractivity contribution in [1.29, 1.82) is 0 Å². The largest absolute Gasteiger partial charge is 0.311 e. The molecule has 1 aromatic rings. The predicted octanol–water partition coefficient (Wildman–Crippen LogP) is 3.24. The third-order valence-electron chi connectivity index (χ3n) is 2.55. The van der Waals surface area contributed by atoms with Crippen molar-refractivity contribution in [3.63, 3.8) is 0 Å². The Labute approximate surface area is 89.3 Å². The summed E-state index contributed by atoms with van der Waals surface area (Å²) in [7, 11) is 1.83. The molecule has 1 aromatic carbocycles. The van der Waals surface area contributed by atoms with Crippen LogP contribution in [0, 0.1) is 12.7 Å². The molecule has 0 amide bonds. The van der Waals surface area contributed by atoms with Crippen LogP contribution < -0.4 is 5.32 Å². The van der Waals surface area contributed by atoms with Crippen molar-refractivity contribution in [2.45, 2.75) is 26.3 Å². The van der Waals surface area contributed by atoms with Crippen molar-refractivity contribution in [2.75, 3.05) is 7.05 Å². The van der Waals surface area contributed by atoms with E-state index in [2.05, 4.69) is 5.32 Å². The van der Waals surface area contributed by atoms with Crippen molar-refractivity contribution in [3.8, 4) is 0 Å². The zero-order valence-electron chi connectivity index (χ0n) is 8.91. The van der Waals surface area contributed by atoms with Crippen LogP contribution in [-0.4, -0.2) is 7.05 Å². The first-order valence-electron chi connectivity index (χ1n) is 4.53. The smallest absolute Gasteiger partial charge is 0.126 e. The number of hydrogen-bond donors (Lipinski definition) is 1. The molecule has 0 saturated heterocycles. The molecule has 0 spiro atoms. The van der Waals surface area contributed by atoms with E-state index in [1.807, 2.05) is 20.9 Å². The molecule has 14 heavy (non-hydrogen) atoms. The molecular formula is C11H15ClFN. The minimum atomic E-state index is -0.314. The molecule has 0 bridgehead atoms. The van der Waals surface area contributed by atoms with Crippen LogP contribution >= 0.6 is 11.6 Å². The van der Waals surface area contributed by atoms with Crippen molar-refractivity contribution >= 4 is 11.6 Å². The average Bonchev–Trinajstić information content (AvgIpc) is 2.11. The van der Waals surface area contributed by atoms with Gasteiger partial charge in [-0.05, 0) is 51.1 Å². The minimum absolute atomic E-state index is 0.215. The Balaban J connectivity index is 3.29. The maximum absolute atomic E-state index is 13.3. The quantitative estimate of drug-likeness (QED) is 0.799. The predicted molar refractivity (Wildman–Crippen MR) is 58.2 cm³/mol. The lowest BCUT2D eigenvalue weighted by atomic mass is 9.93. The first kappa shape index (κ1) is 11.5. The summed E-state index contributed by atoms with van der Waals surface area (Å²) in [6, 6.07) is 3.15. The van der Waals surface area contributed by atoms with E-state index in [9.17, 15) is 4.39 Å². The summed E-state index contributed by atoms with van der Waals surface area (Å²) in [5.74, 6) is -0.215. The summed E-state index contributed by atoms with van der Waals surface area (Å²) in [5.41, 5.74) is 1.04. The number of benzene rings is 1. The van der Waals surface area contributed by atoms with E-state index in [1.54, 1.807) is 13.0 Å². The molecule has 78 valence electrons. The Bertz CT molecular complexity index is 347. The van der Waals surface area contributed by atoms with Crippen molar-refractivity contribution < 1.29 is 4.39 Å². The topological polar surface area (TPSA) is 12.0 Å². The fourth-order valence-electron chi connectivity index (χ4n) is 1.26. The van der Waals surface area contributed by atoms with Crippen molar-refractivity contribution in [3.05, 3.63) is 34.1 Å². The normalized spacial score (nSPS) is 11.9. The van der Waals surface area contributed by atoms with E-state index in [0.29, 0.717) is 10.6 Å². The van der Waals surface area contributed by atoms with Gasteiger partial charge in [0.05, 0.1) is 0 Å². The molecule has 0 heterocycles. The van der Waals surface area contributed by atoms with Crippen LogP contribution in [0.2, 0.25) is 5.02 Å². The summed E-state index contributed by atoms with van der Waals surface area (Å²) in [5, 5.41) is 3.69. The first-order chi connectivity index (χ1) is 6.38. The van der Waals surface area contributed by atoms with Gasteiger partial charge in [0.15, 0.2) is 0 Å². The highest BCUT2D eigenvalue weighted by Crippen LogP contribution is 2.29. The second kappa shape index (κ2) is 3.87. The van der Waals surface area contributed by atoms with Gasteiger partial charge in [-0.3, -0.25) is 0 Å². The highest BCUT2D eigenvalue weighted by molar-refractivity contribution is 6.31. The van der Waals surface area contributed by atoms with E-state index in [4.69, 9.17) is 11.6 Å². The van der Waals surface area contributed by atoms with Gasteiger partial charge in [0, 0.05) is 10.6 Å². The fraction of sp³-hybridized carbons (Fsp3) is 0.455. The Hall–Kier alpha value is -0.600. The highest BCUT2D eigenvalue weighted by Gasteiger charge is 2.22. The van der Waals surface area contributed by atoms with E-state index in [-0.39, 0.29) is 11.4 Å². The molecule has 0 aliphatic rings. The second-order valence-electron chi connectivity index (χ2n) is 3.96. The molecule has 0 saturated carbocycles. The van der Waals surface area contributed by atoms with Gasteiger partial charge in [0.2, 0.25) is 0 Å². The van der Waals surface area contributed by atoms with E-state index in [0.717, 1.165) is 5.56 Å². The van der Waals surface area contributed by atoms with Gasteiger partial charge in [0.1, 0.15) is 5.82 Å². The zero-order valence-corrected chi connectivity index (χ0v) is 9.67. The highest BCUT2D eigenvalue weighted by atomic mass is 35.5. The van der Waals surface area contributed by atoms with E-state index >= 15 is 0 Å². The van der Waals surface area contributed by atoms with Gasteiger partial charge in [0.25, 0.3) is 0 Å². The number of nitrogens with one attached hydrogen (secondary N) is 1. The van der Waals surface area contributed by atoms with Crippen LogP contribution in [0.5, 0.6) is 0 Å². The van der Waals surface area contributed by atoms with Crippen LogP contribution in [0.4, 0.5) is 4.39 Å². The van der Waals surface area contributed by atoms with Gasteiger partial charge < -0.3 is 5.32 Å². The summed E-state index contributed by atoms with van der Waals surface area (Å²) in [6.07, 6.45) is 0. The number of rotatable bonds is 2. The van der Waals surface area contributed by atoms with Crippen molar-refractivity contribution in [2.24, 2.45) is 0 Å². The summed E-state index contributed by atoms with van der Waals surface area (Å²) >= 11 is 6.06. The summed E-state index contributed by atoms with van der Waals surface area (Å²) < 4.78 is 13.3. The Morgan fingerprint density at radius 1 is 1.36 bits per heavy atom. The van der Waals surface area contributed by atoms with Gasteiger partial charge >= 0.3 is 0 Å². The number of halogens is 2. The van der Waals surface area contributed by atoms with Gasteiger partial charge in [-0.1, -0.05) is 11.6 Å². The Morgan fingerprint density at radius 2 is 1.93 bits per heavy atom.